The lowest BCUT2D eigenvalue weighted by molar-refractivity contribution is -0.121. The molecule has 34 heavy (non-hydrogen) atoms. The number of rotatable bonds is 8. The number of H-pyrrole nitrogens is 1. The first-order valence-corrected chi connectivity index (χ1v) is 11.7. The number of nitrogens with zero attached hydrogens (tertiary/aromatic N) is 4. The van der Waals surface area contributed by atoms with E-state index in [0.29, 0.717) is 63.0 Å². The van der Waals surface area contributed by atoms with Crippen LogP contribution < -0.4 is 15.8 Å². The highest BCUT2D eigenvalue weighted by molar-refractivity contribution is 5.76. The number of aromatic nitrogens is 4. The molecule has 9 nitrogen and oxygen atoms in total. The van der Waals surface area contributed by atoms with E-state index in [2.05, 4.69) is 38.6 Å². The normalized spacial score (nSPS) is 13.8. The lowest BCUT2D eigenvalue weighted by atomic mass is 10.1. The molecular weight excluding hydrogens is 432 g/mol. The van der Waals surface area contributed by atoms with Crippen molar-refractivity contribution >= 4 is 11.9 Å². The first kappa shape index (κ1) is 23.7. The Balaban J connectivity index is 1.31. The predicted molar refractivity (Wildman–Crippen MR) is 130 cm³/mol. The van der Waals surface area contributed by atoms with Crippen LogP contribution in [0.2, 0.25) is 0 Å². The topological polar surface area (TPSA) is 105 Å². The van der Waals surface area contributed by atoms with Crippen molar-refractivity contribution in [2.24, 2.45) is 0 Å². The van der Waals surface area contributed by atoms with Crippen LogP contribution in [0.3, 0.4) is 0 Å². The van der Waals surface area contributed by atoms with E-state index in [-0.39, 0.29) is 17.9 Å². The number of benzene rings is 1. The van der Waals surface area contributed by atoms with Gasteiger partial charge in [0.1, 0.15) is 0 Å². The van der Waals surface area contributed by atoms with E-state index in [9.17, 15) is 9.59 Å². The number of carbonyl (C=O) groups excluding carboxylic acids is 1. The summed E-state index contributed by atoms with van der Waals surface area (Å²) in [4.78, 5) is 34.5. The lowest BCUT2D eigenvalue weighted by Crippen LogP contribution is -2.38. The number of hydrogen-bond donors (Lipinski definition) is 2. The highest BCUT2D eigenvalue weighted by Crippen LogP contribution is 2.12. The van der Waals surface area contributed by atoms with Crippen molar-refractivity contribution in [2.75, 3.05) is 31.2 Å². The Bertz CT molecular complexity index is 1210. The number of amides is 1. The number of ether oxygens (including phenoxy) is 1. The lowest BCUT2D eigenvalue weighted by Gasteiger charge is -2.27. The van der Waals surface area contributed by atoms with E-state index in [1.54, 1.807) is 0 Å². The van der Waals surface area contributed by atoms with Crippen molar-refractivity contribution in [3.8, 4) is 0 Å². The van der Waals surface area contributed by atoms with Gasteiger partial charge in [-0.25, -0.2) is 4.98 Å². The van der Waals surface area contributed by atoms with Crippen LogP contribution in [0, 0.1) is 20.8 Å². The Labute approximate surface area is 199 Å². The van der Waals surface area contributed by atoms with E-state index >= 15 is 0 Å². The second-order valence-corrected chi connectivity index (χ2v) is 8.73. The maximum atomic E-state index is 12.6. The summed E-state index contributed by atoms with van der Waals surface area (Å²) in [6.07, 6.45) is 0.579. The highest BCUT2D eigenvalue weighted by atomic mass is 16.5. The first-order valence-electron chi connectivity index (χ1n) is 11.7. The van der Waals surface area contributed by atoms with Gasteiger partial charge in [0.05, 0.1) is 25.5 Å². The number of aryl methyl sites for hydroxylation is 3. The minimum atomic E-state index is -0.182. The molecule has 0 radical (unpaired) electrons. The zero-order valence-electron chi connectivity index (χ0n) is 20.1. The molecule has 1 aromatic carbocycles. The van der Waals surface area contributed by atoms with Crippen molar-refractivity contribution in [3.63, 3.8) is 0 Å². The largest absolute Gasteiger partial charge is 0.378 e. The molecule has 1 saturated heterocycles. The Morgan fingerprint density at radius 1 is 1.15 bits per heavy atom. The molecule has 180 valence electrons. The molecular formula is C25H32N6O3. The molecule has 2 aromatic heterocycles. The van der Waals surface area contributed by atoms with Crippen molar-refractivity contribution in [1.29, 1.82) is 0 Å². The Hall–Kier alpha value is -3.46. The maximum Gasteiger partial charge on any atom is 0.255 e. The third-order valence-electron chi connectivity index (χ3n) is 6.04. The van der Waals surface area contributed by atoms with Gasteiger partial charge in [-0.3, -0.25) is 19.3 Å². The third kappa shape index (κ3) is 5.91. The molecule has 0 spiro atoms. The minimum absolute atomic E-state index is 0.0972. The summed E-state index contributed by atoms with van der Waals surface area (Å²) in [5.74, 6) is 0.472. The minimum Gasteiger partial charge on any atom is -0.378 e. The third-order valence-corrected chi connectivity index (χ3v) is 6.04. The van der Waals surface area contributed by atoms with Crippen LogP contribution in [0.1, 0.15) is 40.2 Å². The van der Waals surface area contributed by atoms with Crippen LogP contribution in [-0.2, 0) is 29.0 Å². The zero-order chi connectivity index (χ0) is 24.1. The van der Waals surface area contributed by atoms with Crippen LogP contribution in [0.25, 0.3) is 0 Å². The average molecular weight is 465 g/mol. The van der Waals surface area contributed by atoms with Gasteiger partial charge >= 0.3 is 0 Å². The molecule has 1 amide bonds. The smallest absolute Gasteiger partial charge is 0.255 e. The van der Waals surface area contributed by atoms with Crippen molar-refractivity contribution in [3.05, 3.63) is 74.5 Å². The van der Waals surface area contributed by atoms with Gasteiger partial charge in [0.2, 0.25) is 11.9 Å². The Morgan fingerprint density at radius 3 is 2.62 bits per heavy atom. The van der Waals surface area contributed by atoms with Gasteiger partial charge in [-0.2, -0.15) is 5.10 Å². The molecule has 0 aliphatic carbocycles. The monoisotopic (exact) mass is 464 g/mol. The summed E-state index contributed by atoms with van der Waals surface area (Å²) < 4.78 is 7.33. The van der Waals surface area contributed by atoms with Crippen LogP contribution in [0.5, 0.6) is 0 Å². The molecule has 0 unspecified atom stereocenters. The molecule has 4 rings (SSSR count). The molecule has 1 fully saturated rings. The second kappa shape index (κ2) is 10.6. The van der Waals surface area contributed by atoms with Crippen LogP contribution in [0.15, 0.2) is 35.1 Å². The van der Waals surface area contributed by atoms with Crippen molar-refractivity contribution in [2.45, 2.75) is 46.7 Å². The molecule has 9 heteroatoms. The summed E-state index contributed by atoms with van der Waals surface area (Å²) in [6.45, 7) is 9.62. The number of carbonyl (C=O) groups is 1. The number of morpholine rings is 1. The fourth-order valence-corrected chi connectivity index (χ4v) is 4.19. The van der Waals surface area contributed by atoms with Gasteiger partial charge in [-0.1, -0.05) is 24.3 Å². The van der Waals surface area contributed by atoms with Crippen molar-refractivity contribution in [1.82, 2.24) is 25.1 Å². The summed E-state index contributed by atoms with van der Waals surface area (Å²) >= 11 is 0. The van der Waals surface area contributed by atoms with Gasteiger partial charge in [-0.15, -0.1) is 0 Å². The van der Waals surface area contributed by atoms with E-state index < -0.39 is 0 Å². The Kier molecular flexibility index (Phi) is 7.42. The molecule has 1 aliphatic heterocycles. The molecule has 2 N–H and O–H groups in total. The molecule has 1 aliphatic rings. The van der Waals surface area contributed by atoms with Crippen LogP contribution in [-0.4, -0.2) is 52.0 Å². The summed E-state index contributed by atoms with van der Waals surface area (Å²) in [5, 5.41) is 7.48. The average Bonchev–Trinajstić information content (AvgIpc) is 3.14. The van der Waals surface area contributed by atoms with Gasteiger partial charge < -0.3 is 15.0 Å². The van der Waals surface area contributed by atoms with Gasteiger partial charge in [0.15, 0.2) is 0 Å². The van der Waals surface area contributed by atoms with E-state index in [1.807, 2.05) is 42.5 Å². The summed E-state index contributed by atoms with van der Waals surface area (Å²) in [7, 11) is 0. The Morgan fingerprint density at radius 2 is 1.91 bits per heavy atom. The number of nitrogens with one attached hydrogen (secondary N) is 2. The number of anilines is 1. The molecule has 0 bridgehead atoms. The van der Waals surface area contributed by atoms with Crippen LogP contribution in [0.4, 0.5) is 5.95 Å². The predicted octanol–water partition coefficient (Wildman–Crippen LogP) is 2.03. The van der Waals surface area contributed by atoms with Crippen molar-refractivity contribution < 1.29 is 9.53 Å². The fourth-order valence-electron chi connectivity index (χ4n) is 4.19. The van der Waals surface area contributed by atoms with Gasteiger partial charge in [0, 0.05) is 43.0 Å². The fraction of sp³-hybridized carbons (Fsp3) is 0.440. The SMILES string of the molecule is Cc1cc(C)n(Cc2cccc(CNC(=O)CCc3c(C)nc(N4CCOCC4)[nH]c3=O)c2)n1. The van der Waals surface area contributed by atoms with Gasteiger partial charge in [-0.05, 0) is 44.4 Å². The summed E-state index contributed by atoms with van der Waals surface area (Å²) in [6, 6.07) is 10.2. The van der Waals surface area contributed by atoms with E-state index in [1.165, 1.54) is 0 Å². The standard InChI is InChI=1S/C25H32N6O3/c1-17-13-18(2)31(29-17)16-21-6-4-5-20(14-21)15-26-23(32)8-7-22-19(3)27-25(28-24(22)33)30-9-11-34-12-10-30/h4-6,13-14H,7-12,15-16H2,1-3H3,(H,26,32)(H,27,28,33). The highest BCUT2D eigenvalue weighted by Gasteiger charge is 2.17. The second-order valence-electron chi connectivity index (χ2n) is 8.73. The zero-order valence-corrected chi connectivity index (χ0v) is 20.1. The molecule has 0 saturated carbocycles. The van der Waals surface area contributed by atoms with E-state index in [0.717, 1.165) is 22.5 Å². The number of hydrogen-bond acceptors (Lipinski definition) is 6. The number of aromatic amines is 1. The van der Waals surface area contributed by atoms with E-state index in [4.69, 9.17) is 4.74 Å². The molecule has 3 heterocycles. The molecule has 0 atom stereocenters. The quantitative estimate of drug-likeness (QED) is 0.529. The maximum absolute atomic E-state index is 12.6. The van der Waals surface area contributed by atoms with Crippen LogP contribution >= 0.6 is 0 Å². The summed E-state index contributed by atoms with van der Waals surface area (Å²) in [5.41, 5.74) is 5.31. The first-order chi connectivity index (χ1) is 16.4. The molecule has 3 aromatic rings. The van der Waals surface area contributed by atoms with Gasteiger partial charge in [0.25, 0.3) is 5.56 Å².